The predicted octanol–water partition coefficient (Wildman–Crippen LogP) is 3.29. The average Bonchev–Trinajstić information content (AvgIpc) is 3.02. The molecule has 0 aliphatic heterocycles. The number of carbonyl (C=O) groups excluding carboxylic acids is 1. The molecule has 0 radical (unpaired) electrons. The van der Waals surface area contributed by atoms with Crippen molar-refractivity contribution in [3.05, 3.63) is 60.2 Å². The Morgan fingerprint density at radius 3 is 2.55 bits per heavy atom. The normalized spacial score (nSPS) is 10.5. The molecular weight excluding hydrogens is 298 g/mol. The molecule has 1 heterocycles. The standard InChI is InChI=1S/C16H13N3O2S/c17-13-9-5-4-8-12(13)15-18-19-16(21-15)22-10-14(20)11-6-2-1-3-7-11/h1-9H,10,17H2. The lowest BCUT2D eigenvalue weighted by molar-refractivity contribution is 0.102. The quantitative estimate of drug-likeness (QED) is 0.442. The Hall–Kier alpha value is -2.60. The van der Waals surface area contributed by atoms with Crippen LogP contribution in [0.4, 0.5) is 5.69 Å². The van der Waals surface area contributed by atoms with Crippen molar-refractivity contribution in [1.82, 2.24) is 10.2 Å². The highest BCUT2D eigenvalue weighted by molar-refractivity contribution is 7.99. The van der Waals surface area contributed by atoms with Crippen molar-refractivity contribution >= 4 is 23.2 Å². The number of nitrogens with two attached hydrogens (primary N) is 1. The second kappa shape index (κ2) is 6.44. The van der Waals surface area contributed by atoms with Gasteiger partial charge in [-0.15, -0.1) is 10.2 Å². The Balaban J connectivity index is 1.68. The number of Topliss-reactive ketones (excluding diaryl/α,β-unsaturated/α-hetero) is 1. The van der Waals surface area contributed by atoms with Crippen LogP contribution in [0, 0.1) is 0 Å². The molecule has 5 nitrogen and oxygen atoms in total. The lowest BCUT2D eigenvalue weighted by Gasteiger charge is -1.99. The lowest BCUT2D eigenvalue weighted by atomic mass is 10.2. The molecule has 3 aromatic rings. The molecular formula is C16H13N3O2S. The van der Waals surface area contributed by atoms with E-state index in [-0.39, 0.29) is 11.5 Å². The van der Waals surface area contributed by atoms with Crippen LogP contribution in [0.25, 0.3) is 11.5 Å². The minimum absolute atomic E-state index is 0.0181. The van der Waals surface area contributed by atoms with Gasteiger partial charge in [-0.05, 0) is 12.1 Å². The number of hydrogen-bond donors (Lipinski definition) is 1. The van der Waals surface area contributed by atoms with Gasteiger partial charge in [-0.2, -0.15) is 0 Å². The number of ketones is 1. The van der Waals surface area contributed by atoms with Gasteiger partial charge < -0.3 is 10.2 Å². The number of para-hydroxylation sites is 1. The third-order valence-corrected chi connectivity index (χ3v) is 3.84. The first-order valence-corrected chi connectivity index (χ1v) is 7.62. The molecule has 0 amide bonds. The van der Waals surface area contributed by atoms with Crippen molar-refractivity contribution in [3.63, 3.8) is 0 Å². The maximum atomic E-state index is 12.0. The van der Waals surface area contributed by atoms with Gasteiger partial charge in [0.25, 0.3) is 11.1 Å². The van der Waals surface area contributed by atoms with E-state index >= 15 is 0 Å². The first-order chi connectivity index (χ1) is 10.7. The molecule has 0 atom stereocenters. The van der Waals surface area contributed by atoms with Crippen LogP contribution in [0.5, 0.6) is 0 Å². The highest BCUT2D eigenvalue weighted by Gasteiger charge is 2.13. The zero-order valence-corrected chi connectivity index (χ0v) is 12.4. The summed E-state index contributed by atoms with van der Waals surface area (Å²) < 4.78 is 5.55. The van der Waals surface area contributed by atoms with Crippen LogP contribution in [0.15, 0.2) is 64.2 Å². The second-order valence-electron chi connectivity index (χ2n) is 4.54. The lowest BCUT2D eigenvalue weighted by Crippen LogP contribution is -2.01. The van der Waals surface area contributed by atoms with Crippen LogP contribution in [0.3, 0.4) is 0 Å². The third kappa shape index (κ3) is 3.17. The fourth-order valence-corrected chi connectivity index (χ4v) is 2.56. The van der Waals surface area contributed by atoms with Gasteiger partial charge in [0.1, 0.15) is 0 Å². The Labute approximate surface area is 131 Å². The number of thioether (sulfide) groups is 1. The van der Waals surface area contributed by atoms with E-state index in [1.54, 1.807) is 18.2 Å². The zero-order chi connectivity index (χ0) is 15.4. The zero-order valence-electron chi connectivity index (χ0n) is 11.6. The summed E-state index contributed by atoms with van der Waals surface area (Å²) in [4.78, 5) is 12.0. The third-order valence-electron chi connectivity index (χ3n) is 3.02. The van der Waals surface area contributed by atoms with Crippen LogP contribution < -0.4 is 5.73 Å². The van der Waals surface area contributed by atoms with E-state index in [1.165, 1.54) is 11.8 Å². The minimum atomic E-state index is 0.0181. The Bertz CT molecular complexity index is 787. The maximum Gasteiger partial charge on any atom is 0.277 e. The molecule has 0 saturated heterocycles. The molecule has 0 aliphatic rings. The minimum Gasteiger partial charge on any atom is -0.411 e. The summed E-state index contributed by atoms with van der Waals surface area (Å²) >= 11 is 1.21. The van der Waals surface area contributed by atoms with Crippen LogP contribution in [0.1, 0.15) is 10.4 Å². The van der Waals surface area contributed by atoms with Crippen LogP contribution in [-0.4, -0.2) is 21.7 Å². The molecule has 1 aromatic heterocycles. The van der Waals surface area contributed by atoms with Crippen molar-refractivity contribution in [3.8, 4) is 11.5 Å². The number of nitrogen functional groups attached to an aromatic ring is 1. The van der Waals surface area contributed by atoms with Crippen LogP contribution in [0.2, 0.25) is 0 Å². The molecule has 3 rings (SSSR count). The number of aromatic nitrogens is 2. The van der Waals surface area contributed by atoms with Gasteiger partial charge in [-0.25, -0.2) is 0 Å². The van der Waals surface area contributed by atoms with E-state index in [2.05, 4.69) is 10.2 Å². The Morgan fingerprint density at radius 1 is 1.05 bits per heavy atom. The maximum absolute atomic E-state index is 12.0. The van der Waals surface area contributed by atoms with Crippen molar-refractivity contribution in [2.24, 2.45) is 0 Å². The molecule has 6 heteroatoms. The molecule has 22 heavy (non-hydrogen) atoms. The van der Waals surface area contributed by atoms with Crippen molar-refractivity contribution in [2.45, 2.75) is 5.22 Å². The van der Waals surface area contributed by atoms with Crippen molar-refractivity contribution < 1.29 is 9.21 Å². The van der Waals surface area contributed by atoms with Crippen LogP contribution in [-0.2, 0) is 0 Å². The summed E-state index contributed by atoms with van der Waals surface area (Å²) in [5.41, 5.74) is 7.80. The highest BCUT2D eigenvalue weighted by atomic mass is 32.2. The molecule has 2 N–H and O–H groups in total. The number of anilines is 1. The molecule has 0 unspecified atom stereocenters. The van der Waals surface area contributed by atoms with E-state index in [0.717, 1.165) is 0 Å². The largest absolute Gasteiger partial charge is 0.411 e. The summed E-state index contributed by atoms with van der Waals surface area (Å²) in [7, 11) is 0. The van der Waals surface area contributed by atoms with Gasteiger partial charge in [-0.1, -0.05) is 54.2 Å². The van der Waals surface area contributed by atoms with Gasteiger partial charge in [0.05, 0.1) is 11.3 Å². The SMILES string of the molecule is Nc1ccccc1-c1nnc(SCC(=O)c2ccccc2)o1. The molecule has 2 aromatic carbocycles. The number of benzene rings is 2. The van der Waals surface area contributed by atoms with E-state index in [1.807, 2.05) is 36.4 Å². The van der Waals surface area contributed by atoms with Gasteiger partial charge in [0.2, 0.25) is 0 Å². The van der Waals surface area contributed by atoms with E-state index in [0.29, 0.717) is 27.9 Å². The van der Waals surface area contributed by atoms with Gasteiger partial charge in [0.15, 0.2) is 5.78 Å². The smallest absolute Gasteiger partial charge is 0.277 e. The monoisotopic (exact) mass is 311 g/mol. The molecule has 0 fully saturated rings. The van der Waals surface area contributed by atoms with E-state index in [9.17, 15) is 4.79 Å². The van der Waals surface area contributed by atoms with Crippen molar-refractivity contribution in [1.29, 1.82) is 0 Å². The summed E-state index contributed by atoms with van der Waals surface area (Å²) in [5.74, 6) is 0.618. The Morgan fingerprint density at radius 2 is 1.77 bits per heavy atom. The summed E-state index contributed by atoms with van der Waals surface area (Å²) in [5, 5.41) is 8.26. The van der Waals surface area contributed by atoms with E-state index in [4.69, 9.17) is 10.2 Å². The average molecular weight is 311 g/mol. The van der Waals surface area contributed by atoms with Gasteiger partial charge in [0, 0.05) is 11.3 Å². The first-order valence-electron chi connectivity index (χ1n) is 6.63. The molecule has 110 valence electrons. The number of hydrogen-bond acceptors (Lipinski definition) is 6. The molecule has 0 bridgehead atoms. The number of rotatable bonds is 5. The molecule has 0 aliphatic carbocycles. The topological polar surface area (TPSA) is 82.0 Å². The van der Waals surface area contributed by atoms with E-state index < -0.39 is 0 Å². The molecule has 0 saturated carbocycles. The summed E-state index contributed by atoms with van der Waals surface area (Å²) in [6.07, 6.45) is 0. The first kappa shape index (κ1) is 14.3. The predicted molar refractivity (Wildman–Crippen MR) is 85.6 cm³/mol. The van der Waals surface area contributed by atoms with Crippen LogP contribution >= 0.6 is 11.8 Å². The fraction of sp³-hybridized carbons (Fsp3) is 0.0625. The highest BCUT2D eigenvalue weighted by Crippen LogP contribution is 2.27. The fourth-order valence-electron chi connectivity index (χ4n) is 1.90. The second-order valence-corrected chi connectivity index (χ2v) is 5.46. The van der Waals surface area contributed by atoms with Gasteiger partial charge in [-0.3, -0.25) is 4.79 Å². The summed E-state index contributed by atoms with van der Waals surface area (Å²) in [6.45, 7) is 0. The molecule has 0 spiro atoms. The number of carbonyl (C=O) groups is 1. The van der Waals surface area contributed by atoms with Gasteiger partial charge >= 0.3 is 0 Å². The Kier molecular flexibility index (Phi) is 4.20. The van der Waals surface area contributed by atoms with Crippen molar-refractivity contribution in [2.75, 3.05) is 11.5 Å². The summed E-state index contributed by atoms with van der Waals surface area (Å²) in [6, 6.07) is 16.4. The number of nitrogens with zero attached hydrogens (tertiary/aromatic N) is 2.